The maximum absolute atomic E-state index is 12.9. The molecule has 5 heteroatoms. The molecule has 0 aromatic heterocycles. The molecule has 0 radical (unpaired) electrons. The SMILES string of the molecule is CC[C@H]1C[C@@]2(CC[C@@H]1OC)Cc1ccc(Br)cc1C2=N[S@](=O)C(C)(C)C. The Hall–Kier alpha value is -0.520. The average molecular weight is 440 g/mol. The molecule has 26 heavy (non-hydrogen) atoms. The molecule has 2 aliphatic carbocycles. The van der Waals surface area contributed by atoms with Crippen LogP contribution in [0, 0.1) is 11.3 Å². The number of ether oxygens (including phenoxy) is 1. The first-order valence-electron chi connectivity index (χ1n) is 9.53. The van der Waals surface area contributed by atoms with Gasteiger partial charge in [0, 0.05) is 22.6 Å². The Labute approximate surface area is 168 Å². The highest BCUT2D eigenvalue weighted by Crippen LogP contribution is 2.51. The summed E-state index contributed by atoms with van der Waals surface area (Å²) in [6, 6.07) is 6.47. The topological polar surface area (TPSA) is 38.7 Å². The quantitative estimate of drug-likeness (QED) is 0.625. The number of halogens is 1. The van der Waals surface area contributed by atoms with Crippen LogP contribution in [0.15, 0.2) is 27.1 Å². The summed E-state index contributed by atoms with van der Waals surface area (Å²) in [5, 5.41) is 0. The van der Waals surface area contributed by atoms with E-state index >= 15 is 0 Å². The van der Waals surface area contributed by atoms with E-state index in [9.17, 15) is 4.21 Å². The van der Waals surface area contributed by atoms with Crippen molar-refractivity contribution in [2.75, 3.05) is 7.11 Å². The molecule has 1 aromatic rings. The second-order valence-corrected chi connectivity index (χ2v) is 11.6. The van der Waals surface area contributed by atoms with E-state index in [1.165, 1.54) is 11.1 Å². The van der Waals surface area contributed by atoms with E-state index in [0.29, 0.717) is 12.0 Å². The molecular weight excluding hydrogens is 410 g/mol. The van der Waals surface area contributed by atoms with Gasteiger partial charge in [0.25, 0.3) is 0 Å². The number of hydrogen-bond acceptors (Lipinski definition) is 2. The summed E-state index contributed by atoms with van der Waals surface area (Å²) in [5.74, 6) is 0.528. The number of rotatable bonds is 3. The maximum Gasteiger partial charge on any atom is 0.145 e. The number of fused-ring (bicyclic) bond motifs is 1. The standard InChI is InChI=1S/C21H30BrNO2S/c1-6-14-12-21(10-9-18(14)25-5)13-15-7-8-16(22)11-17(15)19(21)23-26(24)20(2,3)4/h7-8,11,14,18H,6,9-10,12-13H2,1-5H3/t14-,18-,21-,26+/m0/s1. The minimum Gasteiger partial charge on any atom is -0.381 e. The van der Waals surface area contributed by atoms with Gasteiger partial charge in [0.15, 0.2) is 0 Å². The Morgan fingerprint density at radius 1 is 1.38 bits per heavy atom. The zero-order chi connectivity index (χ0) is 19.1. The molecule has 0 bridgehead atoms. The van der Waals surface area contributed by atoms with Crippen molar-refractivity contribution in [3.05, 3.63) is 33.8 Å². The molecule has 0 heterocycles. The van der Waals surface area contributed by atoms with Crippen LogP contribution < -0.4 is 0 Å². The Kier molecular flexibility index (Phi) is 5.82. The van der Waals surface area contributed by atoms with Crippen LogP contribution in [-0.4, -0.2) is 27.9 Å². The Bertz CT molecular complexity index is 740. The van der Waals surface area contributed by atoms with E-state index < -0.39 is 11.0 Å². The average Bonchev–Trinajstić information content (AvgIpc) is 2.86. The van der Waals surface area contributed by atoms with Crippen molar-refractivity contribution >= 4 is 32.6 Å². The van der Waals surface area contributed by atoms with Crippen LogP contribution in [0.1, 0.15) is 64.5 Å². The highest BCUT2D eigenvalue weighted by molar-refractivity contribution is 9.10. The molecule has 1 fully saturated rings. The van der Waals surface area contributed by atoms with Crippen LogP contribution in [0.5, 0.6) is 0 Å². The molecule has 2 aliphatic rings. The predicted molar refractivity (Wildman–Crippen MR) is 113 cm³/mol. The van der Waals surface area contributed by atoms with Crippen LogP contribution in [0.3, 0.4) is 0 Å². The molecule has 1 aromatic carbocycles. The third kappa shape index (κ3) is 3.72. The number of benzene rings is 1. The molecule has 4 atom stereocenters. The van der Waals surface area contributed by atoms with Crippen molar-refractivity contribution in [2.24, 2.45) is 15.7 Å². The molecule has 1 spiro atoms. The van der Waals surface area contributed by atoms with Gasteiger partial charge in [0.2, 0.25) is 0 Å². The van der Waals surface area contributed by atoms with Crippen molar-refractivity contribution in [3.8, 4) is 0 Å². The molecule has 144 valence electrons. The maximum atomic E-state index is 12.9. The monoisotopic (exact) mass is 439 g/mol. The van der Waals surface area contributed by atoms with Crippen molar-refractivity contribution in [2.45, 2.75) is 70.7 Å². The molecule has 0 saturated heterocycles. The number of hydrogen-bond donors (Lipinski definition) is 0. The van der Waals surface area contributed by atoms with Gasteiger partial charge < -0.3 is 4.74 Å². The minimum atomic E-state index is -1.25. The van der Waals surface area contributed by atoms with Crippen molar-refractivity contribution < 1.29 is 8.95 Å². The molecule has 0 N–H and O–H groups in total. The smallest absolute Gasteiger partial charge is 0.145 e. The molecule has 1 saturated carbocycles. The molecule has 0 amide bonds. The summed E-state index contributed by atoms with van der Waals surface area (Å²) in [6.45, 7) is 8.23. The molecule has 3 nitrogen and oxygen atoms in total. The van der Waals surface area contributed by atoms with Crippen LogP contribution in [0.4, 0.5) is 0 Å². The second-order valence-electron chi connectivity index (χ2n) is 8.75. The third-order valence-electron chi connectivity index (χ3n) is 5.97. The summed E-state index contributed by atoms with van der Waals surface area (Å²) < 4.78 is 24.2. The lowest BCUT2D eigenvalue weighted by atomic mass is 9.65. The summed E-state index contributed by atoms with van der Waals surface area (Å²) in [6.07, 6.45) is 5.60. The highest BCUT2D eigenvalue weighted by atomic mass is 79.9. The summed E-state index contributed by atoms with van der Waals surface area (Å²) in [5.41, 5.74) is 3.58. The largest absolute Gasteiger partial charge is 0.381 e. The normalized spacial score (nSPS) is 31.4. The lowest BCUT2D eigenvalue weighted by molar-refractivity contribution is -0.00383. The first kappa shape index (κ1) is 20.2. The molecule has 3 rings (SSSR count). The zero-order valence-electron chi connectivity index (χ0n) is 16.5. The van der Waals surface area contributed by atoms with E-state index in [2.05, 4.69) is 41.1 Å². The van der Waals surface area contributed by atoms with Gasteiger partial charge in [-0.15, -0.1) is 0 Å². The van der Waals surface area contributed by atoms with Crippen molar-refractivity contribution in [3.63, 3.8) is 0 Å². The van der Waals surface area contributed by atoms with Gasteiger partial charge in [-0.3, -0.25) is 0 Å². The molecular formula is C21H30BrNO2S. The summed E-state index contributed by atoms with van der Waals surface area (Å²) in [4.78, 5) is 0. The molecule has 0 unspecified atom stereocenters. The van der Waals surface area contributed by atoms with Gasteiger partial charge in [-0.05, 0) is 70.1 Å². The molecule has 0 aliphatic heterocycles. The third-order valence-corrected chi connectivity index (χ3v) is 7.86. The summed E-state index contributed by atoms with van der Waals surface area (Å²) >= 11 is 3.61. The fraction of sp³-hybridized carbons (Fsp3) is 0.667. The van der Waals surface area contributed by atoms with Crippen LogP contribution >= 0.6 is 15.9 Å². The van der Waals surface area contributed by atoms with E-state index in [4.69, 9.17) is 9.13 Å². The van der Waals surface area contributed by atoms with Crippen LogP contribution in [0.2, 0.25) is 0 Å². The van der Waals surface area contributed by atoms with E-state index in [1.54, 1.807) is 0 Å². The van der Waals surface area contributed by atoms with Crippen molar-refractivity contribution in [1.29, 1.82) is 0 Å². The van der Waals surface area contributed by atoms with E-state index in [1.807, 2.05) is 27.9 Å². The highest BCUT2D eigenvalue weighted by Gasteiger charge is 2.49. The minimum absolute atomic E-state index is 0.000255. The Balaban J connectivity index is 2.07. The van der Waals surface area contributed by atoms with E-state index in [-0.39, 0.29) is 10.2 Å². The van der Waals surface area contributed by atoms with E-state index in [0.717, 1.165) is 42.3 Å². The number of nitrogens with zero attached hydrogens (tertiary/aromatic N) is 1. The Morgan fingerprint density at radius 2 is 2.12 bits per heavy atom. The summed E-state index contributed by atoms with van der Waals surface area (Å²) in [7, 11) is 0.578. The lowest BCUT2D eigenvalue weighted by Crippen LogP contribution is -2.41. The van der Waals surface area contributed by atoms with Crippen molar-refractivity contribution in [1.82, 2.24) is 0 Å². The van der Waals surface area contributed by atoms with Gasteiger partial charge >= 0.3 is 0 Å². The van der Waals surface area contributed by atoms with Gasteiger partial charge in [0.1, 0.15) is 11.0 Å². The van der Waals surface area contributed by atoms with Gasteiger partial charge in [-0.2, -0.15) is 4.40 Å². The second kappa shape index (κ2) is 7.48. The van der Waals surface area contributed by atoms with Gasteiger partial charge in [-0.25, -0.2) is 4.21 Å². The zero-order valence-corrected chi connectivity index (χ0v) is 18.9. The van der Waals surface area contributed by atoms with Gasteiger partial charge in [0.05, 0.1) is 16.6 Å². The Morgan fingerprint density at radius 3 is 2.73 bits per heavy atom. The fourth-order valence-corrected chi connectivity index (χ4v) is 5.60. The first-order valence-corrected chi connectivity index (χ1v) is 11.4. The fourth-order valence-electron chi connectivity index (χ4n) is 4.51. The van der Waals surface area contributed by atoms with Crippen LogP contribution in [-0.2, 0) is 22.1 Å². The lowest BCUT2D eigenvalue weighted by Gasteiger charge is -2.42. The number of methoxy groups -OCH3 is 1. The van der Waals surface area contributed by atoms with Gasteiger partial charge in [-0.1, -0.05) is 35.3 Å². The first-order chi connectivity index (χ1) is 12.2. The van der Waals surface area contributed by atoms with Crippen LogP contribution in [0.25, 0.3) is 0 Å². The predicted octanol–water partition coefficient (Wildman–Crippen LogP) is 5.47.